The maximum absolute atomic E-state index is 5.59. The van der Waals surface area contributed by atoms with E-state index in [9.17, 15) is 0 Å². The fourth-order valence-electron chi connectivity index (χ4n) is 1.23. The summed E-state index contributed by atoms with van der Waals surface area (Å²) in [6, 6.07) is 7.47. The van der Waals surface area contributed by atoms with Crippen molar-refractivity contribution in [3.8, 4) is 5.75 Å². The van der Waals surface area contributed by atoms with Gasteiger partial charge in [-0.05, 0) is 24.6 Å². The van der Waals surface area contributed by atoms with Gasteiger partial charge in [-0.1, -0.05) is 18.7 Å². The van der Waals surface area contributed by atoms with E-state index in [0.717, 1.165) is 5.56 Å². The first kappa shape index (κ1) is 13.0. The predicted octanol–water partition coefficient (Wildman–Crippen LogP) is 1.93. The molecule has 0 saturated heterocycles. The molecule has 0 spiro atoms. The van der Waals surface area contributed by atoms with Gasteiger partial charge in [0.2, 0.25) is 0 Å². The fourth-order valence-corrected chi connectivity index (χ4v) is 1.23. The molecule has 17 heavy (non-hydrogen) atoms. The normalized spacial score (nSPS) is 11.8. The zero-order valence-corrected chi connectivity index (χ0v) is 9.89. The molecular formula is C13H17N3O. The van der Waals surface area contributed by atoms with Crippen LogP contribution in [0.5, 0.6) is 5.75 Å². The lowest BCUT2D eigenvalue weighted by Gasteiger charge is -2.06. The molecule has 90 valence electrons. The highest BCUT2D eigenvalue weighted by atomic mass is 16.5. The number of aliphatic imine (C=N–C) groups is 1. The molecule has 0 saturated carbocycles. The van der Waals surface area contributed by atoms with E-state index >= 15 is 0 Å². The molecule has 0 aliphatic carbocycles. The van der Waals surface area contributed by atoms with Gasteiger partial charge in [-0.2, -0.15) is 0 Å². The van der Waals surface area contributed by atoms with Crippen molar-refractivity contribution in [1.29, 1.82) is 0 Å². The standard InChI is InChI=1S/C13H17N3O/c1-3-16-13(15)8-10(2)17-12-6-4-11(9-14)5-7-12/h3-8H,2,9,14-15H2,1H3/b13-8-,16-3-. The van der Waals surface area contributed by atoms with Gasteiger partial charge in [-0.15, -0.1) is 0 Å². The topological polar surface area (TPSA) is 73.6 Å². The van der Waals surface area contributed by atoms with E-state index < -0.39 is 0 Å². The van der Waals surface area contributed by atoms with E-state index in [-0.39, 0.29) is 0 Å². The first-order valence-corrected chi connectivity index (χ1v) is 5.27. The van der Waals surface area contributed by atoms with Crippen molar-refractivity contribution in [2.45, 2.75) is 13.5 Å². The van der Waals surface area contributed by atoms with Gasteiger partial charge in [0, 0.05) is 18.8 Å². The Hall–Kier alpha value is -2.07. The summed E-state index contributed by atoms with van der Waals surface area (Å²) < 4.78 is 5.47. The largest absolute Gasteiger partial charge is 0.458 e. The number of ether oxygens (including phenoxy) is 1. The Bertz CT molecular complexity index is 432. The van der Waals surface area contributed by atoms with Crippen molar-refractivity contribution in [1.82, 2.24) is 0 Å². The number of rotatable bonds is 5. The summed E-state index contributed by atoms with van der Waals surface area (Å²) in [6.07, 6.45) is 3.17. The van der Waals surface area contributed by atoms with Gasteiger partial charge in [0.05, 0.1) is 0 Å². The van der Waals surface area contributed by atoms with E-state index in [4.69, 9.17) is 16.2 Å². The van der Waals surface area contributed by atoms with E-state index in [1.54, 1.807) is 19.2 Å². The zero-order chi connectivity index (χ0) is 12.7. The molecule has 4 N–H and O–H groups in total. The molecule has 0 unspecified atom stereocenters. The van der Waals surface area contributed by atoms with Gasteiger partial charge in [-0.25, -0.2) is 4.99 Å². The van der Waals surface area contributed by atoms with Crippen molar-refractivity contribution in [3.63, 3.8) is 0 Å². The molecule has 4 heteroatoms. The Morgan fingerprint density at radius 1 is 1.41 bits per heavy atom. The van der Waals surface area contributed by atoms with Gasteiger partial charge in [0.15, 0.2) is 0 Å². The zero-order valence-electron chi connectivity index (χ0n) is 9.89. The number of hydrogen-bond acceptors (Lipinski definition) is 4. The highest BCUT2D eigenvalue weighted by Gasteiger charge is 1.97. The minimum absolute atomic E-state index is 0.357. The Kier molecular flexibility index (Phi) is 4.97. The number of nitrogens with zero attached hydrogens (tertiary/aromatic N) is 1. The van der Waals surface area contributed by atoms with Crippen LogP contribution in [0.2, 0.25) is 0 Å². The minimum atomic E-state index is 0.357. The lowest BCUT2D eigenvalue weighted by Crippen LogP contribution is -1.99. The molecule has 0 radical (unpaired) electrons. The molecule has 1 aromatic carbocycles. The Morgan fingerprint density at radius 2 is 2.06 bits per heavy atom. The Morgan fingerprint density at radius 3 is 2.59 bits per heavy atom. The number of benzene rings is 1. The third-order valence-corrected chi connectivity index (χ3v) is 2.00. The van der Waals surface area contributed by atoms with Gasteiger partial charge >= 0.3 is 0 Å². The lowest BCUT2D eigenvalue weighted by atomic mass is 10.2. The van der Waals surface area contributed by atoms with Crippen molar-refractivity contribution in [2.75, 3.05) is 0 Å². The fraction of sp³-hybridized carbons (Fsp3) is 0.154. The monoisotopic (exact) mass is 231 g/mol. The van der Waals surface area contributed by atoms with Crippen LogP contribution in [-0.4, -0.2) is 6.21 Å². The van der Waals surface area contributed by atoms with Crippen LogP contribution in [0.15, 0.2) is 53.5 Å². The first-order chi connectivity index (χ1) is 8.15. The van der Waals surface area contributed by atoms with Crippen molar-refractivity contribution >= 4 is 6.21 Å². The molecule has 0 atom stereocenters. The molecule has 0 heterocycles. The van der Waals surface area contributed by atoms with Gasteiger partial charge in [0.1, 0.15) is 17.3 Å². The van der Waals surface area contributed by atoms with Crippen molar-refractivity contribution in [2.24, 2.45) is 16.5 Å². The quantitative estimate of drug-likeness (QED) is 0.462. The second-order valence-electron chi connectivity index (χ2n) is 3.37. The summed E-state index contributed by atoms with van der Waals surface area (Å²) in [5.41, 5.74) is 12.1. The van der Waals surface area contributed by atoms with Crippen LogP contribution in [0.25, 0.3) is 0 Å². The predicted molar refractivity (Wildman–Crippen MR) is 70.5 cm³/mol. The Labute approximate surface area is 101 Å². The average Bonchev–Trinajstić information content (AvgIpc) is 2.30. The van der Waals surface area contributed by atoms with E-state index in [1.807, 2.05) is 24.3 Å². The van der Waals surface area contributed by atoms with Crippen LogP contribution >= 0.6 is 0 Å². The second kappa shape index (κ2) is 6.50. The maximum Gasteiger partial charge on any atom is 0.127 e. The van der Waals surface area contributed by atoms with Crippen LogP contribution in [0, 0.1) is 0 Å². The minimum Gasteiger partial charge on any atom is -0.458 e. The molecule has 1 rings (SSSR count). The van der Waals surface area contributed by atoms with Crippen molar-refractivity contribution in [3.05, 3.63) is 54.1 Å². The summed E-state index contributed by atoms with van der Waals surface area (Å²) in [6.45, 7) is 6.04. The second-order valence-corrected chi connectivity index (χ2v) is 3.37. The van der Waals surface area contributed by atoms with Gasteiger partial charge < -0.3 is 16.2 Å². The third kappa shape index (κ3) is 4.53. The van der Waals surface area contributed by atoms with Crippen molar-refractivity contribution < 1.29 is 4.74 Å². The number of hydrogen-bond donors (Lipinski definition) is 2. The van der Waals surface area contributed by atoms with Gasteiger partial charge in [-0.3, -0.25) is 0 Å². The van der Waals surface area contributed by atoms with Gasteiger partial charge in [0.25, 0.3) is 0 Å². The molecule has 0 fully saturated rings. The van der Waals surface area contributed by atoms with E-state index in [2.05, 4.69) is 11.6 Å². The molecule has 4 nitrogen and oxygen atoms in total. The smallest absolute Gasteiger partial charge is 0.127 e. The third-order valence-electron chi connectivity index (χ3n) is 2.00. The summed E-state index contributed by atoms with van der Waals surface area (Å²) in [5, 5.41) is 0. The molecule has 0 amide bonds. The average molecular weight is 231 g/mol. The maximum atomic E-state index is 5.59. The molecule has 1 aromatic rings. The molecule has 0 bridgehead atoms. The summed E-state index contributed by atoms with van der Waals surface area (Å²) in [7, 11) is 0. The van der Waals surface area contributed by atoms with E-state index in [0.29, 0.717) is 23.9 Å². The van der Waals surface area contributed by atoms with E-state index in [1.165, 1.54) is 0 Å². The summed E-state index contributed by atoms with van der Waals surface area (Å²) >= 11 is 0. The summed E-state index contributed by atoms with van der Waals surface area (Å²) in [5.74, 6) is 1.49. The molecule has 0 aromatic heterocycles. The SMILES string of the molecule is C=C(/C=C(N)\N=C/C)Oc1ccc(CN)cc1. The number of nitrogens with two attached hydrogens (primary N) is 2. The Balaban J connectivity index is 2.64. The van der Waals surface area contributed by atoms with Crippen LogP contribution < -0.4 is 16.2 Å². The lowest BCUT2D eigenvalue weighted by molar-refractivity contribution is 0.446. The molecule has 0 aliphatic heterocycles. The van der Waals surface area contributed by atoms with Crippen LogP contribution in [0.3, 0.4) is 0 Å². The van der Waals surface area contributed by atoms with Crippen LogP contribution in [0.1, 0.15) is 12.5 Å². The summed E-state index contributed by atoms with van der Waals surface area (Å²) in [4.78, 5) is 3.89. The first-order valence-electron chi connectivity index (χ1n) is 5.27. The van der Waals surface area contributed by atoms with Crippen LogP contribution in [0.4, 0.5) is 0 Å². The number of allylic oxidation sites excluding steroid dienone is 1. The molecular weight excluding hydrogens is 214 g/mol. The highest BCUT2D eigenvalue weighted by Crippen LogP contribution is 2.15. The molecule has 0 aliphatic rings. The highest BCUT2D eigenvalue weighted by molar-refractivity contribution is 5.55. The van der Waals surface area contributed by atoms with Crippen LogP contribution in [-0.2, 0) is 6.54 Å².